The van der Waals surface area contributed by atoms with Gasteiger partial charge in [-0.2, -0.15) is 0 Å². The standard InChI is InChI=1S/C17H24ClN3O2.ClH/c1-11(2)7-13(9-19)20-17(23)12-8-16(22)21(10-12)15-6-4-3-5-14(15)18;/h3-6,11-13H,7-10,19H2,1-2H3,(H,20,23);1H. The van der Waals surface area contributed by atoms with Crippen LogP contribution in [-0.4, -0.2) is 30.9 Å². The predicted molar refractivity (Wildman–Crippen MR) is 99.6 cm³/mol. The smallest absolute Gasteiger partial charge is 0.227 e. The molecule has 1 fully saturated rings. The number of rotatable bonds is 6. The van der Waals surface area contributed by atoms with Crippen LogP contribution < -0.4 is 16.0 Å². The molecular weight excluding hydrogens is 349 g/mol. The van der Waals surface area contributed by atoms with E-state index in [2.05, 4.69) is 19.2 Å². The van der Waals surface area contributed by atoms with Gasteiger partial charge in [0.25, 0.3) is 0 Å². The Kier molecular flexibility index (Phi) is 8.00. The van der Waals surface area contributed by atoms with Gasteiger partial charge in [0.1, 0.15) is 0 Å². The first-order valence-corrected chi connectivity index (χ1v) is 8.35. The predicted octanol–water partition coefficient (Wildman–Crippen LogP) is 2.60. The number of para-hydroxylation sites is 1. The van der Waals surface area contributed by atoms with Crippen molar-refractivity contribution in [2.24, 2.45) is 17.6 Å². The first kappa shape index (κ1) is 20.7. The van der Waals surface area contributed by atoms with Crippen molar-refractivity contribution in [2.45, 2.75) is 32.7 Å². The van der Waals surface area contributed by atoms with Crippen molar-refractivity contribution >= 4 is 41.5 Å². The normalized spacial score (nSPS) is 18.5. The average Bonchev–Trinajstić information content (AvgIpc) is 2.88. The summed E-state index contributed by atoms with van der Waals surface area (Å²) in [4.78, 5) is 26.3. The molecule has 1 heterocycles. The maximum absolute atomic E-state index is 12.4. The van der Waals surface area contributed by atoms with E-state index in [9.17, 15) is 9.59 Å². The molecule has 134 valence electrons. The molecule has 0 saturated carbocycles. The fourth-order valence-electron chi connectivity index (χ4n) is 2.89. The highest BCUT2D eigenvalue weighted by molar-refractivity contribution is 6.33. The van der Waals surface area contributed by atoms with E-state index in [1.807, 2.05) is 12.1 Å². The van der Waals surface area contributed by atoms with Crippen LogP contribution in [0.3, 0.4) is 0 Å². The number of nitrogens with one attached hydrogen (secondary N) is 1. The number of hydrogen-bond acceptors (Lipinski definition) is 3. The average molecular weight is 374 g/mol. The minimum atomic E-state index is -0.361. The second kappa shape index (κ2) is 9.25. The lowest BCUT2D eigenvalue weighted by Gasteiger charge is -2.21. The van der Waals surface area contributed by atoms with E-state index in [1.165, 1.54) is 0 Å². The Bertz CT molecular complexity index is 581. The lowest BCUT2D eigenvalue weighted by Crippen LogP contribution is -2.44. The second-order valence-corrected chi connectivity index (χ2v) is 6.83. The van der Waals surface area contributed by atoms with Gasteiger partial charge in [0.15, 0.2) is 0 Å². The Balaban J connectivity index is 0.00000288. The Morgan fingerprint density at radius 3 is 2.67 bits per heavy atom. The highest BCUT2D eigenvalue weighted by Crippen LogP contribution is 2.31. The molecule has 1 aliphatic rings. The molecule has 3 N–H and O–H groups in total. The van der Waals surface area contributed by atoms with Crippen LogP contribution in [0.15, 0.2) is 24.3 Å². The number of hydrogen-bond donors (Lipinski definition) is 2. The van der Waals surface area contributed by atoms with E-state index < -0.39 is 0 Å². The summed E-state index contributed by atoms with van der Waals surface area (Å²) in [6, 6.07) is 7.13. The van der Waals surface area contributed by atoms with Gasteiger partial charge in [0.05, 0.1) is 16.6 Å². The first-order valence-electron chi connectivity index (χ1n) is 7.97. The molecule has 24 heavy (non-hydrogen) atoms. The van der Waals surface area contributed by atoms with Crippen LogP contribution in [0.25, 0.3) is 0 Å². The molecule has 0 radical (unpaired) electrons. The second-order valence-electron chi connectivity index (χ2n) is 6.43. The molecule has 0 bridgehead atoms. The summed E-state index contributed by atoms with van der Waals surface area (Å²) < 4.78 is 0. The summed E-state index contributed by atoms with van der Waals surface area (Å²) >= 11 is 6.15. The van der Waals surface area contributed by atoms with Gasteiger partial charge < -0.3 is 16.0 Å². The number of amides is 2. The summed E-state index contributed by atoms with van der Waals surface area (Å²) in [7, 11) is 0. The number of nitrogens with zero attached hydrogens (tertiary/aromatic N) is 1. The van der Waals surface area contributed by atoms with Gasteiger partial charge in [-0.1, -0.05) is 37.6 Å². The molecule has 5 nitrogen and oxygen atoms in total. The molecule has 2 rings (SSSR count). The number of carbonyl (C=O) groups is 2. The molecule has 1 aliphatic heterocycles. The molecule has 1 aromatic carbocycles. The molecule has 1 aromatic rings. The van der Waals surface area contributed by atoms with E-state index in [-0.39, 0.29) is 42.6 Å². The zero-order valence-electron chi connectivity index (χ0n) is 14.0. The minimum absolute atomic E-state index is 0. The van der Waals surface area contributed by atoms with Gasteiger partial charge in [-0.25, -0.2) is 0 Å². The molecule has 0 aromatic heterocycles. The van der Waals surface area contributed by atoms with Crippen molar-refractivity contribution in [2.75, 3.05) is 18.0 Å². The highest BCUT2D eigenvalue weighted by Gasteiger charge is 2.36. The summed E-state index contributed by atoms with van der Waals surface area (Å²) in [5, 5.41) is 3.49. The fraction of sp³-hybridized carbons (Fsp3) is 0.529. The van der Waals surface area contributed by atoms with Crippen LogP contribution >= 0.6 is 24.0 Å². The van der Waals surface area contributed by atoms with Gasteiger partial charge in [-0.3, -0.25) is 9.59 Å². The summed E-state index contributed by atoms with van der Waals surface area (Å²) in [6.45, 7) is 4.94. The maximum Gasteiger partial charge on any atom is 0.227 e. The maximum atomic E-state index is 12.4. The topological polar surface area (TPSA) is 75.4 Å². The molecule has 0 aliphatic carbocycles. The lowest BCUT2D eigenvalue weighted by atomic mass is 10.0. The third-order valence-electron chi connectivity index (χ3n) is 4.03. The van der Waals surface area contributed by atoms with Crippen LogP contribution in [0.1, 0.15) is 26.7 Å². The summed E-state index contributed by atoms with van der Waals surface area (Å²) in [5.41, 5.74) is 6.38. The molecular formula is C17H25Cl2N3O2. The summed E-state index contributed by atoms with van der Waals surface area (Å²) in [6.07, 6.45) is 1.03. The Hall–Kier alpha value is -1.30. The zero-order chi connectivity index (χ0) is 17.0. The number of anilines is 1. The molecule has 7 heteroatoms. The van der Waals surface area contributed by atoms with Crippen molar-refractivity contribution < 1.29 is 9.59 Å². The SMILES string of the molecule is CC(C)CC(CN)NC(=O)C1CC(=O)N(c2ccccc2Cl)C1.Cl. The Morgan fingerprint density at radius 1 is 1.42 bits per heavy atom. The largest absolute Gasteiger partial charge is 0.352 e. The van der Waals surface area contributed by atoms with E-state index in [4.69, 9.17) is 17.3 Å². The van der Waals surface area contributed by atoms with Gasteiger partial charge in [-0.15, -0.1) is 12.4 Å². The Labute approximate surface area is 154 Å². The zero-order valence-corrected chi connectivity index (χ0v) is 15.6. The van der Waals surface area contributed by atoms with Gasteiger partial charge >= 0.3 is 0 Å². The third kappa shape index (κ3) is 5.10. The van der Waals surface area contributed by atoms with Crippen LogP contribution in [0, 0.1) is 11.8 Å². The number of carbonyl (C=O) groups excluding carboxylic acids is 2. The van der Waals surface area contributed by atoms with Crippen LogP contribution in [0.5, 0.6) is 0 Å². The van der Waals surface area contributed by atoms with Gasteiger partial charge in [0, 0.05) is 25.6 Å². The summed E-state index contributed by atoms with van der Waals surface area (Å²) in [5.74, 6) is -0.0934. The Morgan fingerprint density at radius 2 is 2.08 bits per heavy atom. The number of halogens is 2. The van der Waals surface area contributed by atoms with E-state index in [0.29, 0.717) is 29.7 Å². The van der Waals surface area contributed by atoms with Crippen molar-refractivity contribution in [1.29, 1.82) is 0 Å². The molecule has 0 spiro atoms. The van der Waals surface area contributed by atoms with Gasteiger partial charge in [0.2, 0.25) is 11.8 Å². The monoisotopic (exact) mass is 373 g/mol. The van der Waals surface area contributed by atoms with Crippen LogP contribution in [0.2, 0.25) is 5.02 Å². The van der Waals surface area contributed by atoms with E-state index in [1.54, 1.807) is 17.0 Å². The minimum Gasteiger partial charge on any atom is -0.352 e. The number of nitrogens with two attached hydrogens (primary N) is 1. The van der Waals surface area contributed by atoms with Crippen molar-refractivity contribution in [3.8, 4) is 0 Å². The van der Waals surface area contributed by atoms with Crippen molar-refractivity contribution in [1.82, 2.24) is 5.32 Å². The van der Waals surface area contributed by atoms with Crippen molar-refractivity contribution in [3.05, 3.63) is 29.3 Å². The first-order chi connectivity index (χ1) is 10.9. The highest BCUT2D eigenvalue weighted by atomic mass is 35.5. The third-order valence-corrected chi connectivity index (χ3v) is 4.35. The number of benzene rings is 1. The molecule has 2 unspecified atom stereocenters. The van der Waals surface area contributed by atoms with Crippen molar-refractivity contribution in [3.63, 3.8) is 0 Å². The quantitative estimate of drug-likeness (QED) is 0.804. The van der Waals surface area contributed by atoms with E-state index >= 15 is 0 Å². The van der Waals surface area contributed by atoms with Crippen LogP contribution in [-0.2, 0) is 9.59 Å². The van der Waals surface area contributed by atoms with E-state index in [0.717, 1.165) is 6.42 Å². The molecule has 2 atom stereocenters. The lowest BCUT2D eigenvalue weighted by molar-refractivity contribution is -0.127. The van der Waals surface area contributed by atoms with Crippen LogP contribution in [0.4, 0.5) is 5.69 Å². The fourth-order valence-corrected chi connectivity index (χ4v) is 3.13. The van der Waals surface area contributed by atoms with Gasteiger partial charge in [-0.05, 0) is 24.5 Å². The molecule has 2 amide bonds. The molecule has 1 saturated heterocycles.